The predicted molar refractivity (Wildman–Crippen MR) is 75.8 cm³/mol. The molecule has 19 heavy (non-hydrogen) atoms. The Hall–Kier alpha value is -1.63. The van der Waals surface area contributed by atoms with E-state index < -0.39 is 0 Å². The SMILES string of the molecule is NNC(=O)c1ccoc1CSc1cc(Cl)ccc1N. The molecule has 0 aliphatic heterocycles. The van der Waals surface area contributed by atoms with E-state index in [4.69, 9.17) is 27.6 Å². The van der Waals surface area contributed by atoms with Crippen molar-refractivity contribution >= 4 is 35.0 Å². The Morgan fingerprint density at radius 2 is 2.21 bits per heavy atom. The number of hydrogen-bond acceptors (Lipinski definition) is 5. The number of halogens is 1. The van der Waals surface area contributed by atoms with Gasteiger partial charge in [-0.25, -0.2) is 5.84 Å². The Morgan fingerprint density at radius 3 is 2.95 bits per heavy atom. The van der Waals surface area contributed by atoms with Gasteiger partial charge in [0.2, 0.25) is 0 Å². The molecule has 0 fully saturated rings. The highest BCUT2D eigenvalue weighted by Crippen LogP contribution is 2.31. The monoisotopic (exact) mass is 297 g/mol. The highest BCUT2D eigenvalue weighted by Gasteiger charge is 2.14. The number of furan rings is 1. The number of thioether (sulfide) groups is 1. The zero-order chi connectivity index (χ0) is 13.8. The zero-order valence-electron chi connectivity index (χ0n) is 9.85. The van der Waals surface area contributed by atoms with E-state index in [1.165, 1.54) is 18.0 Å². The molecule has 1 aromatic carbocycles. The van der Waals surface area contributed by atoms with Gasteiger partial charge in [0, 0.05) is 15.6 Å². The molecule has 2 rings (SSSR count). The lowest BCUT2D eigenvalue weighted by atomic mass is 10.2. The van der Waals surface area contributed by atoms with E-state index in [1.807, 2.05) is 0 Å². The van der Waals surface area contributed by atoms with E-state index in [0.29, 0.717) is 27.8 Å². The molecule has 0 radical (unpaired) electrons. The average Bonchev–Trinajstić information content (AvgIpc) is 2.87. The lowest BCUT2D eigenvalue weighted by molar-refractivity contribution is 0.0952. The maximum atomic E-state index is 11.5. The van der Waals surface area contributed by atoms with Gasteiger partial charge in [-0.1, -0.05) is 11.6 Å². The fraction of sp³-hybridized carbons (Fsp3) is 0.0833. The molecule has 2 aromatic rings. The first kappa shape index (κ1) is 13.8. The van der Waals surface area contributed by atoms with Crippen LogP contribution in [0.5, 0.6) is 0 Å². The van der Waals surface area contributed by atoms with Crippen molar-refractivity contribution in [2.75, 3.05) is 5.73 Å². The van der Waals surface area contributed by atoms with E-state index in [1.54, 1.807) is 24.3 Å². The molecule has 0 aliphatic carbocycles. The van der Waals surface area contributed by atoms with E-state index in [9.17, 15) is 4.79 Å². The number of nitrogen functional groups attached to an aromatic ring is 2. The molecule has 1 amide bonds. The van der Waals surface area contributed by atoms with Gasteiger partial charge in [-0.15, -0.1) is 11.8 Å². The summed E-state index contributed by atoms with van der Waals surface area (Å²) in [6.07, 6.45) is 1.45. The maximum absolute atomic E-state index is 11.5. The van der Waals surface area contributed by atoms with Crippen molar-refractivity contribution in [1.29, 1.82) is 0 Å². The molecular weight excluding hydrogens is 286 g/mol. The van der Waals surface area contributed by atoms with Crippen molar-refractivity contribution < 1.29 is 9.21 Å². The van der Waals surface area contributed by atoms with Crippen LogP contribution in [-0.4, -0.2) is 5.91 Å². The normalized spacial score (nSPS) is 10.4. The van der Waals surface area contributed by atoms with Crippen LogP contribution in [0.1, 0.15) is 16.1 Å². The summed E-state index contributed by atoms with van der Waals surface area (Å²) in [5.41, 5.74) is 8.96. The van der Waals surface area contributed by atoms with Crippen LogP contribution in [0, 0.1) is 0 Å². The summed E-state index contributed by atoms with van der Waals surface area (Å²) in [6, 6.07) is 6.80. The van der Waals surface area contributed by atoms with Crippen molar-refractivity contribution in [3.63, 3.8) is 0 Å². The summed E-state index contributed by atoms with van der Waals surface area (Å²) >= 11 is 7.35. The molecule has 1 aromatic heterocycles. The third-order valence-electron chi connectivity index (χ3n) is 2.46. The Morgan fingerprint density at radius 1 is 1.42 bits per heavy atom. The van der Waals surface area contributed by atoms with E-state index in [-0.39, 0.29) is 5.91 Å². The maximum Gasteiger partial charge on any atom is 0.268 e. The van der Waals surface area contributed by atoms with Gasteiger partial charge in [0.25, 0.3) is 5.91 Å². The Bertz CT molecular complexity index is 600. The van der Waals surface area contributed by atoms with Crippen LogP contribution >= 0.6 is 23.4 Å². The molecular formula is C12H12ClN3O2S. The molecule has 0 spiro atoms. The van der Waals surface area contributed by atoms with Crippen LogP contribution in [0.25, 0.3) is 0 Å². The number of nitrogens with one attached hydrogen (secondary N) is 1. The molecule has 0 atom stereocenters. The zero-order valence-corrected chi connectivity index (χ0v) is 11.4. The number of benzene rings is 1. The lowest BCUT2D eigenvalue weighted by Gasteiger charge is -2.05. The van der Waals surface area contributed by atoms with Gasteiger partial charge in [-0.05, 0) is 24.3 Å². The minimum Gasteiger partial charge on any atom is -0.468 e. The number of anilines is 1. The predicted octanol–water partition coefficient (Wildman–Crippen LogP) is 2.41. The Balaban J connectivity index is 2.13. The van der Waals surface area contributed by atoms with Crippen LogP contribution in [-0.2, 0) is 5.75 Å². The number of rotatable bonds is 4. The fourth-order valence-corrected chi connectivity index (χ4v) is 2.70. The molecule has 7 heteroatoms. The van der Waals surface area contributed by atoms with Gasteiger partial charge in [-0.2, -0.15) is 0 Å². The number of hydrazine groups is 1. The summed E-state index contributed by atoms with van der Waals surface area (Å²) in [5, 5.41) is 0.607. The quantitative estimate of drug-likeness (QED) is 0.265. The number of carbonyl (C=O) groups excluding carboxylic acids is 1. The topological polar surface area (TPSA) is 94.3 Å². The lowest BCUT2D eigenvalue weighted by Crippen LogP contribution is -2.30. The number of amides is 1. The van der Waals surface area contributed by atoms with E-state index in [0.717, 1.165) is 4.90 Å². The van der Waals surface area contributed by atoms with Crippen LogP contribution in [0.15, 0.2) is 39.8 Å². The summed E-state index contributed by atoms with van der Waals surface area (Å²) in [6.45, 7) is 0. The molecule has 5 N–H and O–H groups in total. The number of hydrogen-bond donors (Lipinski definition) is 3. The molecule has 0 bridgehead atoms. The summed E-state index contributed by atoms with van der Waals surface area (Å²) in [7, 11) is 0. The molecule has 5 nitrogen and oxygen atoms in total. The Kier molecular flexibility index (Phi) is 4.36. The van der Waals surface area contributed by atoms with Crippen molar-refractivity contribution in [2.45, 2.75) is 10.6 Å². The van der Waals surface area contributed by atoms with Crippen molar-refractivity contribution in [3.8, 4) is 0 Å². The highest BCUT2D eigenvalue weighted by atomic mass is 35.5. The second-order valence-electron chi connectivity index (χ2n) is 3.70. The van der Waals surface area contributed by atoms with Crippen LogP contribution in [0.3, 0.4) is 0 Å². The third-order valence-corrected chi connectivity index (χ3v) is 3.76. The second-order valence-corrected chi connectivity index (χ2v) is 5.16. The first-order valence-corrected chi connectivity index (χ1v) is 6.73. The van der Waals surface area contributed by atoms with Crippen molar-refractivity contribution in [1.82, 2.24) is 5.43 Å². The first-order chi connectivity index (χ1) is 9.11. The summed E-state index contributed by atoms with van der Waals surface area (Å²) < 4.78 is 5.27. The van der Waals surface area contributed by atoms with Gasteiger partial charge in [0.05, 0.1) is 17.6 Å². The highest BCUT2D eigenvalue weighted by molar-refractivity contribution is 7.98. The number of nitrogens with two attached hydrogens (primary N) is 2. The summed E-state index contributed by atoms with van der Waals surface area (Å²) in [4.78, 5) is 12.3. The molecule has 0 saturated carbocycles. The van der Waals surface area contributed by atoms with Gasteiger partial charge < -0.3 is 10.2 Å². The summed E-state index contributed by atoms with van der Waals surface area (Å²) in [5.74, 6) is 5.71. The average molecular weight is 298 g/mol. The smallest absolute Gasteiger partial charge is 0.268 e. The molecule has 0 aliphatic rings. The van der Waals surface area contributed by atoms with Gasteiger partial charge in [0.15, 0.2) is 0 Å². The van der Waals surface area contributed by atoms with Gasteiger partial charge in [0.1, 0.15) is 5.76 Å². The van der Waals surface area contributed by atoms with Crippen LogP contribution in [0.2, 0.25) is 5.02 Å². The number of carbonyl (C=O) groups is 1. The molecule has 0 unspecified atom stereocenters. The largest absolute Gasteiger partial charge is 0.468 e. The second kappa shape index (κ2) is 6.01. The molecule has 100 valence electrons. The Labute approximate surface area is 119 Å². The van der Waals surface area contributed by atoms with Gasteiger partial charge >= 0.3 is 0 Å². The van der Waals surface area contributed by atoms with Gasteiger partial charge in [-0.3, -0.25) is 10.2 Å². The first-order valence-electron chi connectivity index (χ1n) is 5.37. The van der Waals surface area contributed by atoms with Crippen molar-refractivity contribution in [2.24, 2.45) is 5.84 Å². The van der Waals surface area contributed by atoms with Crippen LogP contribution < -0.4 is 17.0 Å². The van der Waals surface area contributed by atoms with Crippen LogP contribution in [0.4, 0.5) is 5.69 Å². The minimum absolute atomic E-state index is 0.386. The standard InChI is InChI=1S/C12H12ClN3O2S/c13-7-1-2-9(14)11(5-7)19-6-10-8(3-4-18-10)12(17)16-15/h1-5H,6,14-15H2,(H,16,17). The molecule has 0 saturated heterocycles. The fourth-order valence-electron chi connectivity index (χ4n) is 1.51. The van der Waals surface area contributed by atoms with E-state index >= 15 is 0 Å². The minimum atomic E-state index is -0.386. The third kappa shape index (κ3) is 3.23. The van der Waals surface area contributed by atoms with Crippen molar-refractivity contribution in [3.05, 3.63) is 46.9 Å². The van der Waals surface area contributed by atoms with E-state index in [2.05, 4.69) is 5.43 Å². The molecule has 1 heterocycles.